The van der Waals surface area contributed by atoms with Crippen LogP contribution >= 0.6 is 11.3 Å². The van der Waals surface area contributed by atoms with Gasteiger partial charge >= 0.3 is 0 Å². The highest BCUT2D eigenvalue weighted by atomic mass is 32.1. The number of hydrogen-bond donors (Lipinski definition) is 0. The Morgan fingerprint density at radius 3 is 3.00 bits per heavy atom. The summed E-state index contributed by atoms with van der Waals surface area (Å²) in [7, 11) is 0. The van der Waals surface area contributed by atoms with Crippen LogP contribution in [0.1, 0.15) is 43.3 Å². The molecule has 1 fully saturated rings. The van der Waals surface area contributed by atoms with Crippen molar-refractivity contribution in [2.24, 2.45) is 11.3 Å². The maximum Gasteiger partial charge on any atom is 0.0944 e. The number of hydrogen-bond acceptors (Lipinski definition) is 3. The summed E-state index contributed by atoms with van der Waals surface area (Å²) in [5.41, 5.74) is 0.962. The Kier molecular flexibility index (Phi) is 3.30. The van der Waals surface area contributed by atoms with Crippen LogP contribution in [0, 0.1) is 29.6 Å². The second kappa shape index (κ2) is 4.55. The molecule has 0 radical (unpaired) electrons. The van der Waals surface area contributed by atoms with Crippen LogP contribution in [0.3, 0.4) is 0 Å². The van der Waals surface area contributed by atoms with Crippen LogP contribution < -0.4 is 0 Å². The van der Waals surface area contributed by atoms with Crippen LogP contribution in [-0.2, 0) is 6.42 Å². The minimum Gasteiger partial charge on any atom is -0.247 e. The zero-order valence-electron chi connectivity index (χ0n) is 9.99. The van der Waals surface area contributed by atoms with Gasteiger partial charge in [-0.25, -0.2) is 4.98 Å². The lowest BCUT2D eigenvalue weighted by atomic mass is 9.83. The molecule has 86 valence electrons. The van der Waals surface area contributed by atoms with Gasteiger partial charge in [-0.3, -0.25) is 0 Å². The molecule has 2 nitrogen and oxygen atoms in total. The van der Waals surface area contributed by atoms with Gasteiger partial charge in [0, 0.05) is 17.5 Å². The van der Waals surface area contributed by atoms with Crippen molar-refractivity contribution >= 4 is 11.3 Å². The van der Waals surface area contributed by atoms with E-state index < -0.39 is 0 Å². The Hall–Kier alpha value is -0.880. The summed E-state index contributed by atoms with van der Waals surface area (Å²) < 4.78 is 0. The summed E-state index contributed by atoms with van der Waals surface area (Å²) in [6.45, 7) is 4.24. The van der Waals surface area contributed by atoms with Crippen molar-refractivity contribution in [1.29, 1.82) is 5.26 Å². The summed E-state index contributed by atoms with van der Waals surface area (Å²) in [6.07, 6.45) is 5.41. The number of nitrogens with zero attached hydrogens (tertiary/aromatic N) is 2. The zero-order chi connectivity index (χ0) is 11.6. The monoisotopic (exact) mass is 234 g/mol. The van der Waals surface area contributed by atoms with Crippen molar-refractivity contribution in [1.82, 2.24) is 4.98 Å². The molecule has 0 aliphatic heterocycles. The molecular formula is C13H18N2S. The van der Waals surface area contributed by atoms with Gasteiger partial charge in [-0.05, 0) is 32.1 Å². The van der Waals surface area contributed by atoms with E-state index in [4.69, 9.17) is 0 Å². The Morgan fingerprint density at radius 2 is 2.50 bits per heavy atom. The van der Waals surface area contributed by atoms with Gasteiger partial charge in [0.15, 0.2) is 0 Å². The fourth-order valence-electron chi connectivity index (χ4n) is 2.66. The first-order valence-corrected chi connectivity index (χ1v) is 6.88. The van der Waals surface area contributed by atoms with Gasteiger partial charge in [-0.1, -0.05) is 13.3 Å². The van der Waals surface area contributed by atoms with Crippen molar-refractivity contribution < 1.29 is 0 Å². The zero-order valence-corrected chi connectivity index (χ0v) is 10.8. The molecular weight excluding hydrogens is 216 g/mol. The molecule has 2 atom stereocenters. The highest BCUT2D eigenvalue weighted by Crippen LogP contribution is 2.45. The van der Waals surface area contributed by atoms with Gasteiger partial charge in [-0.15, -0.1) is 11.3 Å². The van der Waals surface area contributed by atoms with Gasteiger partial charge < -0.3 is 0 Å². The van der Waals surface area contributed by atoms with E-state index in [0.717, 1.165) is 35.9 Å². The standard InChI is InChI=1S/C13H18N2S/c1-3-11-4-5-13(6-11,9-14)7-12-15-10(2)8-16-12/h8,11H,3-7H2,1-2H3. The number of aryl methyl sites for hydroxylation is 1. The molecule has 0 N–H and O–H groups in total. The molecule has 0 saturated heterocycles. The third-order valence-electron chi connectivity index (χ3n) is 3.68. The summed E-state index contributed by atoms with van der Waals surface area (Å²) in [6, 6.07) is 2.57. The van der Waals surface area contributed by atoms with Crippen molar-refractivity contribution in [3.8, 4) is 6.07 Å². The smallest absolute Gasteiger partial charge is 0.0944 e. The van der Waals surface area contributed by atoms with E-state index in [1.165, 1.54) is 12.8 Å². The van der Waals surface area contributed by atoms with Crippen molar-refractivity contribution in [3.63, 3.8) is 0 Å². The van der Waals surface area contributed by atoms with Crippen LogP contribution in [0.2, 0.25) is 0 Å². The summed E-state index contributed by atoms with van der Waals surface area (Å²) in [5.74, 6) is 0.751. The average Bonchev–Trinajstić information content (AvgIpc) is 2.87. The lowest BCUT2D eigenvalue weighted by Gasteiger charge is -2.19. The van der Waals surface area contributed by atoms with E-state index in [9.17, 15) is 5.26 Å². The highest BCUT2D eigenvalue weighted by Gasteiger charge is 2.39. The predicted molar refractivity (Wildman–Crippen MR) is 66.2 cm³/mol. The molecule has 16 heavy (non-hydrogen) atoms. The summed E-state index contributed by atoms with van der Waals surface area (Å²) in [5, 5.41) is 12.6. The van der Waals surface area contributed by atoms with Gasteiger partial charge in [0.2, 0.25) is 0 Å². The molecule has 1 aliphatic carbocycles. The quantitative estimate of drug-likeness (QED) is 0.799. The second-order valence-corrected chi connectivity index (χ2v) is 5.91. The third-order valence-corrected chi connectivity index (χ3v) is 4.65. The minimum atomic E-state index is -0.120. The van der Waals surface area contributed by atoms with Crippen molar-refractivity contribution in [2.75, 3.05) is 0 Å². The second-order valence-electron chi connectivity index (χ2n) is 4.97. The molecule has 2 rings (SSSR count). The molecule has 1 aliphatic rings. The first kappa shape index (κ1) is 11.6. The molecule has 1 saturated carbocycles. The number of thiazole rings is 1. The van der Waals surface area contributed by atoms with E-state index in [0.29, 0.717) is 0 Å². The maximum atomic E-state index is 9.42. The Balaban J connectivity index is 2.09. The van der Waals surface area contributed by atoms with Crippen LogP contribution in [0.4, 0.5) is 0 Å². The van der Waals surface area contributed by atoms with Gasteiger partial charge in [0.1, 0.15) is 0 Å². The van der Waals surface area contributed by atoms with Crippen LogP contribution in [0.5, 0.6) is 0 Å². The summed E-state index contributed by atoms with van der Waals surface area (Å²) in [4.78, 5) is 4.49. The van der Waals surface area contributed by atoms with Gasteiger partial charge in [0.05, 0.1) is 16.5 Å². The first-order chi connectivity index (χ1) is 7.67. The Morgan fingerprint density at radius 1 is 1.69 bits per heavy atom. The molecule has 1 aromatic heterocycles. The molecule has 1 aromatic rings. The lowest BCUT2D eigenvalue weighted by molar-refractivity contribution is 0.380. The normalized spacial score (nSPS) is 29.2. The highest BCUT2D eigenvalue weighted by molar-refractivity contribution is 7.09. The number of aromatic nitrogens is 1. The van der Waals surface area contributed by atoms with E-state index in [1.54, 1.807) is 11.3 Å². The average molecular weight is 234 g/mol. The van der Waals surface area contributed by atoms with Gasteiger partial charge in [-0.2, -0.15) is 5.26 Å². The topological polar surface area (TPSA) is 36.7 Å². The SMILES string of the molecule is CCC1CCC(C#N)(Cc2nc(C)cs2)C1. The Labute approximate surface area is 101 Å². The fraction of sp³-hybridized carbons (Fsp3) is 0.692. The molecule has 0 amide bonds. The van der Waals surface area contributed by atoms with E-state index in [2.05, 4.69) is 23.4 Å². The molecule has 0 aromatic carbocycles. The minimum absolute atomic E-state index is 0.120. The van der Waals surface area contributed by atoms with Crippen molar-refractivity contribution in [3.05, 3.63) is 16.1 Å². The van der Waals surface area contributed by atoms with Crippen LogP contribution in [0.25, 0.3) is 0 Å². The molecule has 3 heteroatoms. The molecule has 0 spiro atoms. The number of nitriles is 1. The molecule has 0 bridgehead atoms. The maximum absolute atomic E-state index is 9.42. The predicted octanol–water partition coefficient (Wildman–Crippen LogP) is 3.71. The fourth-order valence-corrected chi connectivity index (χ4v) is 3.58. The van der Waals surface area contributed by atoms with Gasteiger partial charge in [0.25, 0.3) is 0 Å². The molecule has 2 unspecified atom stereocenters. The van der Waals surface area contributed by atoms with E-state index in [-0.39, 0.29) is 5.41 Å². The first-order valence-electron chi connectivity index (χ1n) is 6.00. The Bertz CT molecular complexity index is 404. The lowest BCUT2D eigenvalue weighted by Crippen LogP contribution is -2.17. The van der Waals surface area contributed by atoms with Crippen molar-refractivity contribution in [2.45, 2.75) is 46.0 Å². The molecule has 1 heterocycles. The number of rotatable bonds is 3. The van der Waals surface area contributed by atoms with Crippen LogP contribution in [-0.4, -0.2) is 4.98 Å². The largest absolute Gasteiger partial charge is 0.247 e. The van der Waals surface area contributed by atoms with Crippen LogP contribution in [0.15, 0.2) is 5.38 Å². The van der Waals surface area contributed by atoms with E-state index >= 15 is 0 Å². The van der Waals surface area contributed by atoms with E-state index in [1.807, 2.05) is 6.92 Å². The third kappa shape index (κ3) is 2.27. The summed E-state index contributed by atoms with van der Waals surface area (Å²) >= 11 is 1.70.